The minimum Gasteiger partial charge on any atom is -0.492 e. The van der Waals surface area contributed by atoms with Crippen molar-refractivity contribution in [2.24, 2.45) is 4.99 Å². The van der Waals surface area contributed by atoms with E-state index in [0.717, 1.165) is 25.4 Å². The number of carbonyl (C=O) groups excluding carboxylic acids is 1. The number of likely N-dealkylation sites (N-methyl/N-ethyl adjacent to an activating group) is 1. The Labute approximate surface area is 107 Å². The standard InChI is InChI=1S/C13H18N2O3/c1-15(7-9-17-2)8-10-18-13-5-3-12(4-6-13)14-11-16/h3-6H,7-10H2,1-2H3. The van der Waals surface area contributed by atoms with Gasteiger partial charge in [0, 0.05) is 20.2 Å². The van der Waals surface area contributed by atoms with Gasteiger partial charge in [0.1, 0.15) is 12.4 Å². The van der Waals surface area contributed by atoms with Crippen LogP contribution in [0.4, 0.5) is 5.69 Å². The Morgan fingerprint density at radius 1 is 1.22 bits per heavy atom. The van der Waals surface area contributed by atoms with Crippen molar-refractivity contribution in [3.05, 3.63) is 24.3 Å². The molecule has 5 nitrogen and oxygen atoms in total. The van der Waals surface area contributed by atoms with Crippen molar-refractivity contribution >= 4 is 11.8 Å². The van der Waals surface area contributed by atoms with Gasteiger partial charge in [-0.05, 0) is 31.3 Å². The number of isocyanates is 1. The number of methoxy groups -OCH3 is 1. The number of benzene rings is 1. The fourth-order valence-corrected chi connectivity index (χ4v) is 1.35. The molecule has 0 unspecified atom stereocenters. The molecule has 0 N–H and O–H groups in total. The number of hydrogen-bond donors (Lipinski definition) is 0. The molecule has 0 spiro atoms. The first-order valence-corrected chi connectivity index (χ1v) is 5.74. The van der Waals surface area contributed by atoms with Crippen LogP contribution in [-0.2, 0) is 9.53 Å². The highest BCUT2D eigenvalue weighted by atomic mass is 16.5. The van der Waals surface area contributed by atoms with Gasteiger partial charge in [-0.25, -0.2) is 4.79 Å². The zero-order valence-corrected chi connectivity index (χ0v) is 10.8. The van der Waals surface area contributed by atoms with Crippen LogP contribution in [0.25, 0.3) is 0 Å². The summed E-state index contributed by atoms with van der Waals surface area (Å²) in [6, 6.07) is 7.00. The van der Waals surface area contributed by atoms with Gasteiger partial charge in [0.2, 0.25) is 6.08 Å². The third-order valence-corrected chi connectivity index (χ3v) is 2.43. The average Bonchev–Trinajstić information content (AvgIpc) is 2.39. The first-order chi connectivity index (χ1) is 8.76. The largest absolute Gasteiger partial charge is 0.492 e. The second-order valence-corrected chi connectivity index (χ2v) is 3.84. The summed E-state index contributed by atoms with van der Waals surface area (Å²) in [4.78, 5) is 15.7. The predicted molar refractivity (Wildman–Crippen MR) is 69.1 cm³/mol. The monoisotopic (exact) mass is 250 g/mol. The molecule has 0 fully saturated rings. The van der Waals surface area contributed by atoms with Crippen molar-refractivity contribution in [3.8, 4) is 5.75 Å². The lowest BCUT2D eigenvalue weighted by Gasteiger charge is -2.16. The van der Waals surface area contributed by atoms with Crippen molar-refractivity contribution < 1.29 is 14.3 Å². The smallest absolute Gasteiger partial charge is 0.240 e. The van der Waals surface area contributed by atoms with E-state index in [2.05, 4.69) is 9.89 Å². The Hall–Kier alpha value is -1.68. The molecule has 0 aliphatic carbocycles. The third-order valence-electron chi connectivity index (χ3n) is 2.43. The molecule has 0 atom stereocenters. The van der Waals surface area contributed by atoms with Gasteiger partial charge in [-0.3, -0.25) is 0 Å². The minimum absolute atomic E-state index is 0.578. The summed E-state index contributed by atoms with van der Waals surface area (Å²) in [5.41, 5.74) is 0.578. The van der Waals surface area contributed by atoms with Gasteiger partial charge in [0.15, 0.2) is 0 Å². The summed E-state index contributed by atoms with van der Waals surface area (Å²) in [6.07, 6.45) is 1.50. The Morgan fingerprint density at radius 2 is 1.89 bits per heavy atom. The van der Waals surface area contributed by atoms with E-state index in [1.165, 1.54) is 6.08 Å². The van der Waals surface area contributed by atoms with E-state index >= 15 is 0 Å². The van der Waals surface area contributed by atoms with Crippen molar-refractivity contribution in [2.75, 3.05) is 40.5 Å². The van der Waals surface area contributed by atoms with Gasteiger partial charge in [-0.1, -0.05) is 0 Å². The van der Waals surface area contributed by atoms with Crippen LogP contribution in [-0.4, -0.2) is 51.4 Å². The molecule has 1 rings (SSSR count). The molecule has 0 amide bonds. The molecule has 1 aromatic carbocycles. The lowest BCUT2D eigenvalue weighted by Crippen LogP contribution is -2.27. The first kappa shape index (κ1) is 14.4. The molecule has 98 valence electrons. The molecule has 0 saturated carbocycles. The van der Waals surface area contributed by atoms with Crippen LogP contribution in [0.3, 0.4) is 0 Å². The molecule has 0 bridgehead atoms. The molecule has 18 heavy (non-hydrogen) atoms. The van der Waals surface area contributed by atoms with E-state index in [0.29, 0.717) is 12.3 Å². The zero-order chi connectivity index (χ0) is 13.2. The van der Waals surface area contributed by atoms with Crippen LogP contribution in [0.15, 0.2) is 29.3 Å². The average molecular weight is 250 g/mol. The zero-order valence-electron chi connectivity index (χ0n) is 10.8. The Kier molecular flexibility index (Phi) is 6.72. The summed E-state index contributed by atoms with van der Waals surface area (Å²) >= 11 is 0. The summed E-state index contributed by atoms with van der Waals surface area (Å²) in [5, 5.41) is 0. The van der Waals surface area contributed by atoms with Crippen LogP contribution in [0.2, 0.25) is 0 Å². The van der Waals surface area contributed by atoms with Gasteiger partial charge in [0.05, 0.1) is 12.3 Å². The van der Waals surface area contributed by atoms with Crippen LogP contribution in [0.5, 0.6) is 5.75 Å². The number of rotatable bonds is 8. The Morgan fingerprint density at radius 3 is 2.50 bits per heavy atom. The highest BCUT2D eigenvalue weighted by molar-refractivity contribution is 5.49. The molecule has 0 aromatic heterocycles. The van der Waals surface area contributed by atoms with Crippen molar-refractivity contribution in [1.82, 2.24) is 4.90 Å². The number of aliphatic imine (C=N–C) groups is 1. The van der Waals surface area contributed by atoms with Crippen LogP contribution in [0, 0.1) is 0 Å². The summed E-state index contributed by atoms with van der Waals surface area (Å²) < 4.78 is 10.6. The van der Waals surface area contributed by atoms with Gasteiger partial charge in [-0.15, -0.1) is 0 Å². The maximum absolute atomic E-state index is 10.1. The van der Waals surface area contributed by atoms with Crippen molar-refractivity contribution in [3.63, 3.8) is 0 Å². The third kappa shape index (κ3) is 5.59. The van der Waals surface area contributed by atoms with E-state index in [-0.39, 0.29) is 0 Å². The molecule has 5 heteroatoms. The maximum Gasteiger partial charge on any atom is 0.240 e. The molecule has 0 saturated heterocycles. The van der Waals surface area contributed by atoms with Crippen molar-refractivity contribution in [2.45, 2.75) is 0 Å². The van der Waals surface area contributed by atoms with Gasteiger partial charge < -0.3 is 14.4 Å². The lowest BCUT2D eigenvalue weighted by atomic mass is 10.3. The Bertz CT molecular complexity index is 386. The molecule has 0 aliphatic rings. The quantitative estimate of drug-likeness (QED) is 0.519. The second-order valence-electron chi connectivity index (χ2n) is 3.84. The molecule has 0 aliphatic heterocycles. The van der Waals surface area contributed by atoms with E-state index in [9.17, 15) is 4.79 Å². The van der Waals surface area contributed by atoms with E-state index < -0.39 is 0 Å². The molecular formula is C13H18N2O3. The number of nitrogens with zero attached hydrogens (tertiary/aromatic N) is 2. The SMILES string of the molecule is COCCN(C)CCOc1ccc(N=C=O)cc1. The van der Waals surface area contributed by atoms with Crippen LogP contribution >= 0.6 is 0 Å². The number of ether oxygens (including phenoxy) is 2. The fraction of sp³-hybridized carbons (Fsp3) is 0.462. The predicted octanol–water partition coefficient (Wildman–Crippen LogP) is 1.61. The van der Waals surface area contributed by atoms with Gasteiger partial charge >= 0.3 is 0 Å². The highest BCUT2D eigenvalue weighted by Crippen LogP contribution is 2.17. The lowest BCUT2D eigenvalue weighted by molar-refractivity contribution is 0.150. The number of hydrogen-bond acceptors (Lipinski definition) is 5. The van der Waals surface area contributed by atoms with Crippen LogP contribution < -0.4 is 4.74 Å². The van der Waals surface area contributed by atoms with Gasteiger partial charge in [0.25, 0.3) is 0 Å². The van der Waals surface area contributed by atoms with E-state index in [1.54, 1.807) is 31.4 Å². The molecule has 0 radical (unpaired) electrons. The Balaban J connectivity index is 2.28. The second kappa shape index (κ2) is 8.42. The fourth-order valence-electron chi connectivity index (χ4n) is 1.35. The topological polar surface area (TPSA) is 51.1 Å². The van der Waals surface area contributed by atoms with Gasteiger partial charge in [-0.2, -0.15) is 4.99 Å². The molecule has 1 aromatic rings. The van der Waals surface area contributed by atoms with Crippen molar-refractivity contribution in [1.29, 1.82) is 0 Å². The summed E-state index contributed by atoms with van der Waals surface area (Å²) in [6.45, 7) is 3.04. The highest BCUT2D eigenvalue weighted by Gasteiger charge is 1.99. The normalized spacial score (nSPS) is 10.2. The van der Waals surface area contributed by atoms with Crippen LogP contribution in [0.1, 0.15) is 0 Å². The molecule has 0 heterocycles. The summed E-state index contributed by atoms with van der Waals surface area (Å²) in [5.74, 6) is 0.764. The maximum atomic E-state index is 10.1. The first-order valence-electron chi connectivity index (χ1n) is 5.74. The summed E-state index contributed by atoms with van der Waals surface area (Å²) in [7, 11) is 3.71. The van der Waals surface area contributed by atoms with E-state index in [1.807, 2.05) is 7.05 Å². The minimum atomic E-state index is 0.578. The van der Waals surface area contributed by atoms with E-state index in [4.69, 9.17) is 9.47 Å². The molecular weight excluding hydrogens is 232 g/mol.